The van der Waals surface area contributed by atoms with E-state index in [2.05, 4.69) is 20.3 Å². The molecule has 1 rings (SSSR count). The lowest BCUT2D eigenvalue weighted by Gasteiger charge is -1.99. The van der Waals surface area contributed by atoms with Gasteiger partial charge in [-0.2, -0.15) is 0 Å². The number of carbonyl (C=O) groups is 2. The maximum absolute atomic E-state index is 10.7. The van der Waals surface area contributed by atoms with Crippen LogP contribution in [0.1, 0.15) is 0 Å². The average Bonchev–Trinajstić information content (AvgIpc) is 2.39. The third-order valence-electron chi connectivity index (χ3n) is 1.42. The number of nitrogens with zero attached hydrogens (tertiary/aromatic N) is 1. The van der Waals surface area contributed by atoms with Gasteiger partial charge in [0.15, 0.2) is 0 Å². The van der Waals surface area contributed by atoms with Gasteiger partial charge in [0.2, 0.25) is 16.0 Å². The number of rotatable bonds is 4. The van der Waals surface area contributed by atoms with Gasteiger partial charge in [-0.05, 0) is 0 Å². The Hall–Kier alpha value is -1.48. The molecule has 0 radical (unpaired) electrons. The Labute approximate surface area is 86.2 Å². The van der Waals surface area contributed by atoms with Crippen LogP contribution in [0.5, 0.6) is 0 Å². The van der Waals surface area contributed by atoms with Crippen molar-refractivity contribution in [3.63, 3.8) is 0 Å². The molecule has 0 bridgehead atoms. The van der Waals surface area contributed by atoms with E-state index in [0.717, 1.165) is 6.26 Å². The number of sulfonamides is 1. The quantitative estimate of drug-likeness (QED) is 0.358. The van der Waals surface area contributed by atoms with Crippen LogP contribution in [0.2, 0.25) is 0 Å². The van der Waals surface area contributed by atoms with Crippen molar-refractivity contribution in [3.8, 4) is 0 Å². The zero-order chi connectivity index (χ0) is 11.5. The highest BCUT2D eigenvalue weighted by Gasteiger charge is 2.24. The lowest BCUT2D eigenvalue weighted by atomic mass is 10.6. The van der Waals surface area contributed by atoms with E-state index in [1.165, 1.54) is 0 Å². The molecule has 0 saturated carbocycles. The minimum absolute atomic E-state index is 0.0419. The van der Waals surface area contributed by atoms with Gasteiger partial charge in [0.05, 0.1) is 12.8 Å². The van der Waals surface area contributed by atoms with Gasteiger partial charge in [-0.3, -0.25) is 25.2 Å². The predicted molar refractivity (Wildman–Crippen MR) is 51.4 cm³/mol. The first-order valence-corrected chi connectivity index (χ1v) is 5.89. The molecular weight excluding hydrogens is 224 g/mol. The molecule has 1 heterocycles. The molecule has 0 aromatic carbocycles. The van der Waals surface area contributed by atoms with E-state index in [9.17, 15) is 18.0 Å². The minimum atomic E-state index is -3.24. The van der Waals surface area contributed by atoms with Crippen LogP contribution in [0.3, 0.4) is 0 Å². The summed E-state index contributed by atoms with van der Waals surface area (Å²) in [5.41, 5.74) is 0. The number of aliphatic imine (C=N–C) groups is 1. The highest BCUT2D eigenvalue weighted by atomic mass is 32.2. The lowest BCUT2D eigenvalue weighted by molar-refractivity contribution is -0.135. The molecule has 2 amide bonds. The van der Waals surface area contributed by atoms with Gasteiger partial charge in [-0.15, -0.1) is 0 Å². The van der Waals surface area contributed by atoms with Crippen LogP contribution in [-0.4, -0.2) is 45.5 Å². The molecule has 8 nitrogen and oxygen atoms in total. The number of hydrogen-bond donors (Lipinski definition) is 3. The maximum Gasteiger partial charge on any atom is 0.316 e. The highest BCUT2D eigenvalue weighted by Crippen LogP contribution is 1.83. The highest BCUT2D eigenvalue weighted by molar-refractivity contribution is 7.88. The standard InChI is InChI=1S/C6H10N4O4S/c1-15(13,14)8-3-2-7-6-9-4(11)5(12)10-6/h8H,2-3H2,1H3,(H2,7,9,10,11,12). The van der Waals surface area contributed by atoms with E-state index in [0.29, 0.717) is 0 Å². The van der Waals surface area contributed by atoms with Gasteiger partial charge in [0.1, 0.15) is 0 Å². The van der Waals surface area contributed by atoms with Crippen LogP contribution in [0.15, 0.2) is 4.99 Å². The summed E-state index contributed by atoms with van der Waals surface area (Å²) in [6.45, 7) is 0.233. The Kier molecular flexibility index (Phi) is 3.37. The van der Waals surface area contributed by atoms with Crippen molar-refractivity contribution in [2.24, 2.45) is 4.99 Å². The second kappa shape index (κ2) is 4.36. The lowest BCUT2D eigenvalue weighted by Crippen LogP contribution is -2.29. The summed E-state index contributed by atoms with van der Waals surface area (Å²) in [5, 5.41) is 4.35. The summed E-state index contributed by atoms with van der Waals surface area (Å²) < 4.78 is 23.5. The van der Waals surface area contributed by atoms with E-state index in [4.69, 9.17) is 0 Å². The van der Waals surface area contributed by atoms with E-state index in [1.54, 1.807) is 0 Å². The molecule has 0 aromatic rings. The fourth-order valence-corrected chi connectivity index (χ4v) is 1.30. The van der Waals surface area contributed by atoms with Crippen LogP contribution in [0.4, 0.5) is 0 Å². The molecule has 1 saturated heterocycles. The molecule has 3 N–H and O–H groups in total. The predicted octanol–water partition coefficient (Wildman–Crippen LogP) is -2.86. The second-order valence-corrected chi connectivity index (χ2v) is 4.64. The Morgan fingerprint density at radius 3 is 2.27 bits per heavy atom. The van der Waals surface area contributed by atoms with Gasteiger partial charge >= 0.3 is 11.8 Å². The number of guanidine groups is 1. The van der Waals surface area contributed by atoms with Crippen molar-refractivity contribution in [2.45, 2.75) is 0 Å². The Morgan fingerprint density at radius 2 is 1.80 bits per heavy atom. The fourth-order valence-electron chi connectivity index (χ4n) is 0.838. The zero-order valence-electron chi connectivity index (χ0n) is 7.90. The topological polar surface area (TPSA) is 117 Å². The van der Waals surface area contributed by atoms with E-state index >= 15 is 0 Å². The van der Waals surface area contributed by atoms with Gasteiger partial charge in [-0.25, -0.2) is 13.1 Å². The zero-order valence-corrected chi connectivity index (χ0v) is 8.72. The summed E-state index contributed by atoms with van der Waals surface area (Å²) in [4.78, 5) is 25.1. The van der Waals surface area contributed by atoms with Crippen LogP contribution < -0.4 is 15.4 Å². The van der Waals surface area contributed by atoms with E-state index in [-0.39, 0.29) is 19.0 Å². The second-order valence-electron chi connectivity index (χ2n) is 2.81. The maximum atomic E-state index is 10.7. The molecule has 0 unspecified atom stereocenters. The van der Waals surface area contributed by atoms with Crippen LogP contribution in [0, 0.1) is 0 Å². The van der Waals surface area contributed by atoms with E-state index in [1.807, 2.05) is 0 Å². The molecule has 9 heteroatoms. The van der Waals surface area contributed by atoms with Crippen molar-refractivity contribution in [1.29, 1.82) is 0 Å². The summed E-state index contributed by atoms with van der Waals surface area (Å²) in [7, 11) is -3.24. The molecule has 15 heavy (non-hydrogen) atoms. The average molecular weight is 234 g/mol. The minimum Gasteiger partial charge on any atom is -0.288 e. The van der Waals surface area contributed by atoms with Crippen LogP contribution >= 0.6 is 0 Å². The Balaban J connectivity index is 2.34. The summed E-state index contributed by atoms with van der Waals surface area (Å²) in [6, 6.07) is 0. The van der Waals surface area contributed by atoms with Crippen molar-refractivity contribution in [3.05, 3.63) is 0 Å². The molecule has 0 atom stereocenters. The Morgan fingerprint density at radius 1 is 1.27 bits per heavy atom. The van der Waals surface area contributed by atoms with Crippen molar-refractivity contribution >= 4 is 27.8 Å². The van der Waals surface area contributed by atoms with Crippen molar-refractivity contribution in [2.75, 3.05) is 19.3 Å². The van der Waals surface area contributed by atoms with Crippen LogP contribution in [0.25, 0.3) is 0 Å². The molecule has 1 aliphatic rings. The molecule has 84 valence electrons. The molecule has 0 aromatic heterocycles. The number of hydrogen-bond acceptors (Lipinski definition) is 5. The smallest absolute Gasteiger partial charge is 0.288 e. The van der Waals surface area contributed by atoms with Gasteiger partial charge in [0, 0.05) is 6.54 Å². The van der Waals surface area contributed by atoms with Gasteiger partial charge in [-0.1, -0.05) is 0 Å². The molecule has 0 spiro atoms. The first-order valence-electron chi connectivity index (χ1n) is 4.00. The molecule has 0 aliphatic carbocycles. The fraction of sp³-hybridized carbons (Fsp3) is 0.500. The number of carbonyl (C=O) groups excluding carboxylic acids is 2. The third kappa shape index (κ3) is 4.04. The molecule has 1 aliphatic heterocycles. The molecule has 1 fully saturated rings. The number of nitrogens with one attached hydrogen (secondary N) is 3. The van der Waals surface area contributed by atoms with Gasteiger partial charge in [0.25, 0.3) is 0 Å². The summed E-state index contributed by atoms with van der Waals surface area (Å²) in [5.74, 6) is -1.50. The van der Waals surface area contributed by atoms with Crippen molar-refractivity contribution < 1.29 is 18.0 Å². The SMILES string of the molecule is CS(=O)(=O)NCCN=C1NC(=O)C(=O)N1. The monoisotopic (exact) mass is 234 g/mol. The largest absolute Gasteiger partial charge is 0.316 e. The summed E-state index contributed by atoms with van der Waals surface area (Å²) >= 11 is 0. The van der Waals surface area contributed by atoms with Crippen LogP contribution in [-0.2, 0) is 19.6 Å². The molecular formula is C6H10N4O4S. The Bertz CT molecular complexity index is 395. The van der Waals surface area contributed by atoms with E-state index < -0.39 is 21.8 Å². The normalized spacial score (nSPS) is 16.2. The first-order chi connectivity index (χ1) is 6.88. The third-order valence-corrected chi connectivity index (χ3v) is 2.14. The number of amides is 2. The summed E-state index contributed by atoms with van der Waals surface area (Å²) in [6.07, 6.45) is 1.03. The van der Waals surface area contributed by atoms with Crippen molar-refractivity contribution in [1.82, 2.24) is 15.4 Å². The van der Waals surface area contributed by atoms with Gasteiger partial charge < -0.3 is 0 Å². The first kappa shape index (κ1) is 11.6.